The first kappa shape index (κ1) is 17.1. The van der Waals surface area contributed by atoms with E-state index in [1.807, 2.05) is 42.5 Å². The van der Waals surface area contributed by atoms with E-state index in [2.05, 4.69) is 16.2 Å². The maximum absolute atomic E-state index is 11.9. The van der Waals surface area contributed by atoms with Crippen molar-refractivity contribution in [2.75, 3.05) is 18.6 Å². The van der Waals surface area contributed by atoms with Gasteiger partial charge in [0.15, 0.2) is 0 Å². The minimum absolute atomic E-state index is 0.0623. The van der Waals surface area contributed by atoms with Crippen LogP contribution in [0.5, 0.6) is 0 Å². The SMILES string of the molecule is O=C(NCC(CCO)c1ccccc1)NNc1ccccc1Cl. The molecule has 0 saturated heterocycles. The number of rotatable bonds is 7. The number of aliphatic hydroxyl groups is 1. The summed E-state index contributed by atoms with van der Waals surface area (Å²) in [7, 11) is 0. The van der Waals surface area contributed by atoms with E-state index < -0.39 is 0 Å². The molecule has 1 atom stereocenters. The molecule has 0 aromatic heterocycles. The number of carbonyl (C=O) groups excluding carboxylic acids is 1. The average molecular weight is 334 g/mol. The molecular weight excluding hydrogens is 314 g/mol. The molecule has 0 spiro atoms. The van der Waals surface area contributed by atoms with Crippen LogP contribution in [-0.4, -0.2) is 24.3 Å². The van der Waals surface area contributed by atoms with Gasteiger partial charge in [-0.3, -0.25) is 10.9 Å². The second-order valence-corrected chi connectivity index (χ2v) is 5.47. The van der Waals surface area contributed by atoms with Crippen LogP contribution in [0.15, 0.2) is 54.6 Å². The Balaban J connectivity index is 1.83. The van der Waals surface area contributed by atoms with Crippen molar-refractivity contribution >= 4 is 23.3 Å². The molecule has 0 aliphatic rings. The summed E-state index contributed by atoms with van der Waals surface area (Å²) in [6.45, 7) is 0.501. The largest absolute Gasteiger partial charge is 0.396 e. The van der Waals surface area contributed by atoms with Crippen molar-refractivity contribution in [1.82, 2.24) is 10.7 Å². The molecule has 0 saturated carbocycles. The van der Waals surface area contributed by atoms with Gasteiger partial charge in [0.2, 0.25) is 0 Å². The highest BCUT2D eigenvalue weighted by molar-refractivity contribution is 6.33. The smallest absolute Gasteiger partial charge is 0.333 e. The molecule has 0 bridgehead atoms. The Hall–Kier alpha value is -2.24. The Labute approximate surface area is 140 Å². The minimum atomic E-state index is -0.358. The van der Waals surface area contributed by atoms with Gasteiger partial charge in [-0.1, -0.05) is 54.1 Å². The van der Waals surface area contributed by atoms with Crippen LogP contribution in [0.3, 0.4) is 0 Å². The normalized spacial score (nSPS) is 11.6. The van der Waals surface area contributed by atoms with Gasteiger partial charge in [-0.25, -0.2) is 4.79 Å². The summed E-state index contributed by atoms with van der Waals surface area (Å²) in [5, 5.41) is 12.5. The summed E-state index contributed by atoms with van der Waals surface area (Å²) in [4.78, 5) is 11.9. The number of hydrogen-bond acceptors (Lipinski definition) is 3. The highest BCUT2D eigenvalue weighted by Crippen LogP contribution is 2.19. The van der Waals surface area contributed by atoms with Crippen LogP contribution in [0, 0.1) is 0 Å². The number of hydrogen-bond donors (Lipinski definition) is 4. The molecule has 5 nitrogen and oxygen atoms in total. The molecule has 2 aromatic rings. The number of para-hydroxylation sites is 1. The number of carbonyl (C=O) groups is 1. The first-order valence-corrected chi connectivity index (χ1v) is 7.78. The van der Waals surface area contributed by atoms with E-state index in [-0.39, 0.29) is 18.6 Å². The number of anilines is 1. The van der Waals surface area contributed by atoms with Crippen molar-refractivity contribution in [1.29, 1.82) is 0 Å². The van der Waals surface area contributed by atoms with Gasteiger partial charge >= 0.3 is 6.03 Å². The van der Waals surface area contributed by atoms with Crippen molar-refractivity contribution in [3.63, 3.8) is 0 Å². The average Bonchev–Trinajstić information content (AvgIpc) is 2.58. The van der Waals surface area contributed by atoms with Crippen molar-refractivity contribution in [3.05, 3.63) is 65.2 Å². The van der Waals surface area contributed by atoms with E-state index in [4.69, 9.17) is 11.6 Å². The summed E-state index contributed by atoms with van der Waals surface area (Å²) in [5.74, 6) is 0.0623. The lowest BCUT2D eigenvalue weighted by Gasteiger charge is -2.18. The monoisotopic (exact) mass is 333 g/mol. The first-order valence-electron chi connectivity index (χ1n) is 7.41. The Morgan fingerprint density at radius 3 is 2.48 bits per heavy atom. The van der Waals surface area contributed by atoms with Crippen LogP contribution in [0.4, 0.5) is 10.5 Å². The van der Waals surface area contributed by atoms with Gasteiger partial charge in [-0.05, 0) is 24.1 Å². The summed E-state index contributed by atoms with van der Waals surface area (Å²) in [5.41, 5.74) is 7.02. The lowest BCUT2D eigenvalue weighted by molar-refractivity contribution is 0.239. The van der Waals surface area contributed by atoms with Gasteiger partial charge in [0.1, 0.15) is 0 Å². The molecule has 23 heavy (non-hydrogen) atoms. The predicted octanol–water partition coefficient (Wildman–Crippen LogP) is 3.13. The second kappa shape index (κ2) is 9.02. The maximum atomic E-state index is 11.9. The quantitative estimate of drug-likeness (QED) is 0.588. The van der Waals surface area contributed by atoms with Gasteiger partial charge in [0.05, 0.1) is 10.7 Å². The molecule has 0 fully saturated rings. The van der Waals surface area contributed by atoms with Gasteiger partial charge in [-0.15, -0.1) is 0 Å². The van der Waals surface area contributed by atoms with Crippen LogP contribution >= 0.6 is 11.6 Å². The molecule has 0 aliphatic heterocycles. The van der Waals surface area contributed by atoms with Crippen molar-refractivity contribution in [3.8, 4) is 0 Å². The van der Waals surface area contributed by atoms with Crippen molar-refractivity contribution in [2.24, 2.45) is 0 Å². The Morgan fingerprint density at radius 2 is 1.78 bits per heavy atom. The summed E-state index contributed by atoms with van der Waals surface area (Å²) in [6.07, 6.45) is 0.586. The van der Waals surface area contributed by atoms with E-state index in [1.165, 1.54) is 0 Å². The topological polar surface area (TPSA) is 73.4 Å². The third kappa shape index (κ3) is 5.47. The number of nitrogens with one attached hydrogen (secondary N) is 3. The molecule has 2 rings (SSSR count). The summed E-state index contributed by atoms with van der Waals surface area (Å²) >= 11 is 5.99. The Bertz CT molecular complexity index is 622. The molecule has 122 valence electrons. The van der Waals surface area contributed by atoms with Crippen LogP contribution in [0.2, 0.25) is 5.02 Å². The number of hydrazine groups is 1. The molecule has 0 aliphatic carbocycles. The molecular formula is C17H20ClN3O2. The second-order valence-electron chi connectivity index (χ2n) is 5.06. The molecule has 0 heterocycles. The fourth-order valence-electron chi connectivity index (χ4n) is 2.21. The van der Waals surface area contributed by atoms with Gasteiger partial charge in [0.25, 0.3) is 0 Å². The third-order valence-electron chi connectivity index (χ3n) is 3.44. The van der Waals surface area contributed by atoms with E-state index >= 15 is 0 Å². The third-order valence-corrected chi connectivity index (χ3v) is 3.77. The highest BCUT2D eigenvalue weighted by Gasteiger charge is 2.12. The van der Waals surface area contributed by atoms with Gasteiger partial charge < -0.3 is 10.4 Å². The molecule has 0 radical (unpaired) electrons. The highest BCUT2D eigenvalue weighted by atomic mass is 35.5. The first-order chi connectivity index (χ1) is 11.2. The fraction of sp³-hybridized carbons (Fsp3) is 0.235. The van der Waals surface area contributed by atoms with Crippen LogP contribution in [-0.2, 0) is 0 Å². The van der Waals surface area contributed by atoms with Gasteiger partial charge in [-0.2, -0.15) is 0 Å². The fourth-order valence-corrected chi connectivity index (χ4v) is 2.40. The van der Waals surface area contributed by atoms with Gasteiger partial charge in [0, 0.05) is 19.1 Å². The van der Waals surface area contributed by atoms with Crippen molar-refractivity contribution < 1.29 is 9.90 Å². The minimum Gasteiger partial charge on any atom is -0.396 e. The molecule has 2 aromatic carbocycles. The van der Waals surface area contributed by atoms with E-state index in [0.29, 0.717) is 23.7 Å². The molecule has 4 N–H and O–H groups in total. The zero-order chi connectivity index (χ0) is 16.5. The molecule has 6 heteroatoms. The van der Waals surface area contributed by atoms with E-state index in [1.54, 1.807) is 12.1 Å². The standard InChI is InChI=1S/C17H20ClN3O2/c18-15-8-4-5-9-16(15)20-21-17(23)19-12-14(10-11-22)13-6-2-1-3-7-13/h1-9,14,20,22H,10-12H2,(H2,19,21,23). The Morgan fingerprint density at radius 1 is 1.09 bits per heavy atom. The maximum Gasteiger partial charge on any atom is 0.333 e. The predicted molar refractivity (Wildman–Crippen MR) is 92.5 cm³/mol. The number of halogens is 1. The molecule has 2 amide bonds. The number of urea groups is 1. The Kier molecular flexibility index (Phi) is 6.72. The van der Waals surface area contributed by atoms with Crippen LogP contribution < -0.4 is 16.2 Å². The van der Waals surface area contributed by atoms with E-state index in [0.717, 1.165) is 5.56 Å². The lowest BCUT2D eigenvalue weighted by atomic mass is 9.96. The van der Waals surface area contributed by atoms with Crippen molar-refractivity contribution in [2.45, 2.75) is 12.3 Å². The van der Waals surface area contributed by atoms with Crippen LogP contribution in [0.25, 0.3) is 0 Å². The summed E-state index contributed by atoms with van der Waals surface area (Å²) in [6, 6.07) is 16.6. The molecule has 1 unspecified atom stereocenters. The van der Waals surface area contributed by atoms with E-state index in [9.17, 15) is 9.90 Å². The zero-order valence-corrected chi connectivity index (χ0v) is 13.4. The lowest BCUT2D eigenvalue weighted by Crippen LogP contribution is -2.40. The zero-order valence-electron chi connectivity index (χ0n) is 12.6. The number of benzene rings is 2. The number of aliphatic hydroxyl groups excluding tert-OH is 1. The number of amides is 2. The summed E-state index contributed by atoms with van der Waals surface area (Å²) < 4.78 is 0. The van der Waals surface area contributed by atoms with Crippen LogP contribution in [0.1, 0.15) is 17.9 Å².